The van der Waals surface area contributed by atoms with Crippen molar-refractivity contribution in [3.05, 3.63) is 58.9 Å². The molecule has 30 heavy (non-hydrogen) atoms. The molecule has 1 fully saturated rings. The minimum absolute atomic E-state index is 0.272. The second-order valence-corrected chi connectivity index (χ2v) is 7.53. The molecular weight excluding hydrogens is 392 g/mol. The van der Waals surface area contributed by atoms with Gasteiger partial charge in [0.15, 0.2) is 0 Å². The first-order valence-corrected chi connectivity index (χ1v) is 9.75. The van der Waals surface area contributed by atoms with Crippen molar-refractivity contribution in [1.29, 1.82) is 0 Å². The van der Waals surface area contributed by atoms with Gasteiger partial charge < -0.3 is 18.8 Å². The average molecular weight is 415 g/mol. The first-order valence-electron chi connectivity index (χ1n) is 9.75. The van der Waals surface area contributed by atoms with Gasteiger partial charge in [0.1, 0.15) is 17.3 Å². The number of amides is 1. The molecular formula is C22H23F2N3O3. The van der Waals surface area contributed by atoms with Crippen molar-refractivity contribution < 1.29 is 23.0 Å². The Labute approximate surface area is 173 Å². The monoisotopic (exact) mass is 415 g/mol. The number of hydrogen-bond acceptors (Lipinski definition) is 4. The van der Waals surface area contributed by atoms with E-state index in [4.69, 9.17) is 9.47 Å². The Morgan fingerprint density at radius 2 is 2.10 bits per heavy atom. The first-order chi connectivity index (χ1) is 14.4. The third-order valence-corrected chi connectivity index (χ3v) is 5.36. The molecule has 6 nitrogen and oxygen atoms in total. The second kappa shape index (κ2) is 8.02. The SMILES string of the molecule is COC(=O)N1CCO[C@@H](Cc2c(-c3c(C)cc(F)cc3F)nc3cc(C)ccn23)C1. The number of carbonyl (C=O) groups is 1. The van der Waals surface area contributed by atoms with Crippen LogP contribution in [0.3, 0.4) is 0 Å². The van der Waals surface area contributed by atoms with Crippen LogP contribution in [0, 0.1) is 25.5 Å². The Balaban J connectivity index is 1.79. The van der Waals surface area contributed by atoms with Crippen molar-refractivity contribution in [3.63, 3.8) is 0 Å². The number of rotatable bonds is 3. The molecule has 1 atom stereocenters. The largest absolute Gasteiger partial charge is 0.453 e. The number of fused-ring (bicyclic) bond motifs is 1. The molecule has 0 unspecified atom stereocenters. The lowest BCUT2D eigenvalue weighted by Gasteiger charge is -2.32. The molecule has 3 heterocycles. The fraction of sp³-hybridized carbons (Fsp3) is 0.364. The quantitative estimate of drug-likeness (QED) is 0.651. The van der Waals surface area contributed by atoms with Crippen molar-refractivity contribution in [1.82, 2.24) is 14.3 Å². The highest BCUT2D eigenvalue weighted by Gasteiger charge is 2.28. The van der Waals surface area contributed by atoms with Gasteiger partial charge in [0.05, 0.1) is 37.8 Å². The highest BCUT2D eigenvalue weighted by molar-refractivity contribution is 5.71. The van der Waals surface area contributed by atoms with E-state index in [0.717, 1.165) is 17.3 Å². The maximum Gasteiger partial charge on any atom is 0.409 e. The van der Waals surface area contributed by atoms with Crippen LogP contribution in [-0.4, -0.2) is 53.3 Å². The molecule has 0 saturated carbocycles. The Morgan fingerprint density at radius 1 is 1.30 bits per heavy atom. The summed E-state index contributed by atoms with van der Waals surface area (Å²) in [6, 6.07) is 6.02. The van der Waals surface area contributed by atoms with Gasteiger partial charge in [0, 0.05) is 30.8 Å². The van der Waals surface area contributed by atoms with E-state index in [1.165, 1.54) is 13.2 Å². The third kappa shape index (κ3) is 3.75. The summed E-state index contributed by atoms with van der Waals surface area (Å²) in [5.74, 6) is -1.28. The van der Waals surface area contributed by atoms with Gasteiger partial charge in [-0.05, 0) is 43.2 Å². The molecule has 1 saturated heterocycles. The zero-order valence-electron chi connectivity index (χ0n) is 17.1. The molecule has 1 aliphatic heterocycles. The van der Waals surface area contributed by atoms with Crippen LogP contribution in [0.15, 0.2) is 30.5 Å². The molecule has 0 radical (unpaired) electrons. The lowest BCUT2D eigenvalue weighted by molar-refractivity contribution is -0.0241. The van der Waals surface area contributed by atoms with E-state index in [1.807, 2.05) is 29.7 Å². The van der Waals surface area contributed by atoms with Crippen molar-refractivity contribution in [2.75, 3.05) is 26.8 Å². The number of nitrogens with zero attached hydrogens (tertiary/aromatic N) is 3. The normalized spacial score (nSPS) is 16.8. The molecule has 158 valence electrons. The number of hydrogen-bond donors (Lipinski definition) is 0. The predicted octanol–water partition coefficient (Wildman–Crippen LogP) is 3.91. The number of carbonyl (C=O) groups excluding carboxylic acids is 1. The molecule has 2 aromatic heterocycles. The van der Waals surface area contributed by atoms with Crippen molar-refractivity contribution in [3.8, 4) is 11.3 Å². The average Bonchev–Trinajstić information content (AvgIpc) is 3.03. The van der Waals surface area contributed by atoms with Gasteiger partial charge >= 0.3 is 6.09 Å². The lowest BCUT2D eigenvalue weighted by Crippen LogP contribution is -2.46. The van der Waals surface area contributed by atoms with Gasteiger partial charge in [-0.1, -0.05) is 0 Å². The van der Waals surface area contributed by atoms with E-state index in [-0.39, 0.29) is 11.7 Å². The molecule has 0 bridgehead atoms. The maximum absolute atomic E-state index is 14.8. The number of morpholine rings is 1. The molecule has 8 heteroatoms. The Morgan fingerprint density at radius 3 is 2.83 bits per heavy atom. The fourth-order valence-corrected chi connectivity index (χ4v) is 3.95. The number of aryl methyl sites for hydroxylation is 2. The van der Waals surface area contributed by atoms with Gasteiger partial charge in [-0.2, -0.15) is 0 Å². The highest BCUT2D eigenvalue weighted by atomic mass is 19.1. The van der Waals surface area contributed by atoms with Crippen LogP contribution in [0.5, 0.6) is 0 Å². The summed E-state index contributed by atoms with van der Waals surface area (Å²) in [4.78, 5) is 18.2. The van der Waals surface area contributed by atoms with Gasteiger partial charge in [0.2, 0.25) is 0 Å². The predicted molar refractivity (Wildman–Crippen MR) is 107 cm³/mol. The van der Waals surface area contributed by atoms with E-state index in [0.29, 0.717) is 43.0 Å². The van der Waals surface area contributed by atoms with E-state index in [2.05, 4.69) is 4.98 Å². The van der Waals surface area contributed by atoms with Crippen LogP contribution in [0.25, 0.3) is 16.9 Å². The van der Waals surface area contributed by atoms with Crippen LogP contribution in [0.1, 0.15) is 16.8 Å². The van der Waals surface area contributed by atoms with Crippen LogP contribution in [0.4, 0.5) is 13.6 Å². The zero-order chi connectivity index (χ0) is 21.4. The standard InChI is InChI=1S/C22H23F2N3O3/c1-13-4-5-27-18(11-16-12-26(6-7-30-16)22(28)29-3)21(25-19(27)8-13)20-14(2)9-15(23)10-17(20)24/h4-5,8-10,16H,6-7,11-12H2,1-3H3/t16-/m0/s1. The van der Waals surface area contributed by atoms with Crippen molar-refractivity contribution >= 4 is 11.7 Å². The van der Waals surface area contributed by atoms with E-state index < -0.39 is 17.7 Å². The van der Waals surface area contributed by atoms with E-state index in [1.54, 1.807) is 11.8 Å². The molecule has 4 rings (SSSR count). The summed E-state index contributed by atoms with van der Waals surface area (Å²) < 4.78 is 41.0. The molecule has 0 spiro atoms. The van der Waals surface area contributed by atoms with E-state index in [9.17, 15) is 13.6 Å². The molecule has 1 aromatic carbocycles. The first kappa shape index (κ1) is 20.3. The number of aromatic nitrogens is 2. The van der Waals surface area contributed by atoms with Crippen molar-refractivity contribution in [2.24, 2.45) is 0 Å². The second-order valence-electron chi connectivity index (χ2n) is 7.53. The molecule has 0 N–H and O–H groups in total. The Kier molecular flexibility index (Phi) is 5.42. The van der Waals surface area contributed by atoms with E-state index >= 15 is 0 Å². The summed E-state index contributed by atoms with van der Waals surface area (Å²) in [5.41, 5.74) is 3.63. The highest BCUT2D eigenvalue weighted by Crippen LogP contribution is 2.32. The Hall–Kier alpha value is -3.00. The smallest absolute Gasteiger partial charge is 0.409 e. The van der Waals surface area contributed by atoms with Crippen LogP contribution in [-0.2, 0) is 15.9 Å². The topological polar surface area (TPSA) is 56.1 Å². The van der Waals surface area contributed by atoms with Gasteiger partial charge in [0.25, 0.3) is 0 Å². The van der Waals surface area contributed by atoms with Gasteiger partial charge in [-0.25, -0.2) is 18.6 Å². The summed E-state index contributed by atoms with van der Waals surface area (Å²) in [6.45, 7) is 4.81. The Bertz CT molecular complexity index is 1090. The minimum atomic E-state index is -0.658. The number of methoxy groups -OCH3 is 1. The zero-order valence-corrected chi connectivity index (χ0v) is 17.1. The number of imidazole rings is 1. The van der Waals surface area contributed by atoms with Gasteiger partial charge in [-0.3, -0.25) is 0 Å². The van der Waals surface area contributed by atoms with Crippen LogP contribution in [0.2, 0.25) is 0 Å². The number of benzene rings is 1. The fourth-order valence-electron chi connectivity index (χ4n) is 3.95. The number of ether oxygens (including phenoxy) is 2. The molecule has 3 aromatic rings. The maximum atomic E-state index is 14.8. The third-order valence-electron chi connectivity index (χ3n) is 5.36. The molecule has 1 aliphatic rings. The van der Waals surface area contributed by atoms with Crippen molar-refractivity contribution in [2.45, 2.75) is 26.4 Å². The van der Waals surface area contributed by atoms with Crippen LogP contribution >= 0.6 is 0 Å². The summed E-state index contributed by atoms with van der Waals surface area (Å²) in [6.07, 6.45) is 1.58. The number of halogens is 2. The lowest BCUT2D eigenvalue weighted by atomic mass is 10.0. The summed E-state index contributed by atoms with van der Waals surface area (Å²) >= 11 is 0. The summed E-state index contributed by atoms with van der Waals surface area (Å²) in [7, 11) is 1.35. The molecule has 1 amide bonds. The van der Waals surface area contributed by atoms with Crippen LogP contribution < -0.4 is 0 Å². The van der Waals surface area contributed by atoms with Gasteiger partial charge in [-0.15, -0.1) is 0 Å². The summed E-state index contributed by atoms with van der Waals surface area (Å²) in [5, 5.41) is 0. The molecule has 0 aliphatic carbocycles. The minimum Gasteiger partial charge on any atom is -0.453 e. The number of pyridine rings is 1.